The first-order chi connectivity index (χ1) is 7.16. The number of aromatic nitrogens is 1. The van der Waals surface area contributed by atoms with Gasteiger partial charge in [0.1, 0.15) is 5.69 Å². The van der Waals surface area contributed by atoms with Crippen molar-refractivity contribution in [1.29, 1.82) is 0 Å². The lowest BCUT2D eigenvalue weighted by atomic mass is 10.1. The number of H-pyrrole nitrogens is 1. The molecule has 3 nitrogen and oxygen atoms in total. The fraction of sp³-hybridized carbons (Fsp3) is 0.0833. The minimum Gasteiger partial charge on any atom is -0.477 e. The van der Waals surface area contributed by atoms with Gasteiger partial charge in [-0.3, -0.25) is 0 Å². The normalized spacial score (nSPS) is 10.2. The van der Waals surface area contributed by atoms with Crippen LogP contribution in [0, 0.1) is 6.92 Å². The number of nitrogens with one attached hydrogen (secondary N) is 1. The van der Waals surface area contributed by atoms with Crippen molar-refractivity contribution in [3.8, 4) is 11.1 Å². The van der Waals surface area contributed by atoms with Crippen LogP contribution >= 0.6 is 0 Å². The zero-order valence-electron chi connectivity index (χ0n) is 8.32. The number of carboxylic acids is 1. The second-order valence-electron chi connectivity index (χ2n) is 3.47. The van der Waals surface area contributed by atoms with Crippen LogP contribution in [0.5, 0.6) is 0 Å². The van der Waals surface area contributed by atoms with Crippen LogP contribution in [0.15, 0.2) is 36.5 Å². The molecule has 15 heavy (non-hydrogen) atoms. The SMILES string of the molecule is Cc1ccc(-c2c[nH]c(C(=O)O)c2)cc1. The molecule has 0 aliphatic carbocycles. The number of carbonyl (C=O) groups is 1. The summed E-state index contributed by atoms with van der Waals surface area (Å²) in [6.45, 7) is 2.02. The van der Waals surface area contributed by atoms with Crippen LogP contribution in [0.1, 0.15) is 16.1 Å². The van der Waals surface area contributed by atoms with Crippen LogP contribution in [-0.2, 0) is 0 Å². The summed E-state index contributed by atoms with van der Waals surface area (Å²) in [5.41, 5.74) is 3.31. The summed E-state index contributed by atoms with van der Waals surface area (Å²) in [5, 5.41) is 8.76. The van der Waals surface area contributed by atoms with Gasteiger partial charge < -0.3 is 10.1 Å². The Morgan fingerprint density at radius 3 is 2.40 bits per heavy atom. The van der Waals surface area contributed by atoms with E-state index in [9.17, 15) is 4.79 Å². The Kier molecular flexibility index (Phi) is 2.29. The highest BCUT2D eigenvalue weighted by atomic mass is 16.4. The van der Waals surface area contributed by atoms with Gasteiger partial charge in [0.15, 0.2) is 0 Å². The molecule has 76 valence electrons. The van der Waals surface area contributed by atoms with E-state index in [1.165, 1.54) is 5.56 Å². The number of hydrogen-bond donors (Lipinski definition) is 2. The molecule has 0 aliphatic rings. The minimum absolute atomic E-state index is 0.213. The van der Waals surface area contributed by atoms with Gasteiger partial charge in [-0.25, -0.2) is 4.79 Å². The highest BCUT2D eigenvalue weighted by Gasteiger charge is 2.06. The van der Waals surface area contributed by atoms with Gasteiger partial charge in [-0.05, 0) is 24.1 Å². The van der Waals surface area contributed by atoms with Gasteiger partial charge in [-0.1, -0.05) is 29.8 Å². The molecule has 2 rings (SSSR count). The van der Waals surface area contributed by atoms with Crippen molar-refractivity contribution in [2.24, 2.45) is 0 Å². The summed E-state index contributed by atoms with van der Waals surface area (Å²) < 4.78 is 0. The lowest BCUT2D eigenvalue weighted by Gasteiger charge is -1.97. The number of aryl methyl sites for hydroxylation is 1. The molecule has 1 aromatic carbocycles. The molecule has 0 saturated heterocycles. The molecule has 0 spiro atoms. The topological polar surface area (TPSA) is 53.1 Å². The van der Waals surface area contributed by atoms with Crippen molar-refractivity contribution in [2.45, 2.75) is 6.92 Å². The summed E-state index contributed by atoms with van der Waals surface area (Å²) in [5.74, 6) is -0.937. The summed E-state index contributed by atoms with van der Waals surface area (Å²) in [6.07, 6.45) is 1.70. The molecule has 0 unspecified atom stereocenters. The Morgan fingerprint density at radius 1 is 1.20 bits per heavy atom. The van der Waals surface area contributed by atoms with Crippen molar-refractivity contribution in [3.05, 3.63) is 47.8 Å². The van der Waals surface area contributed by atoms with Crippen molar-refractivity contribution >= 4 is 5.97 Å². The van der Waals surface area contributed by atoms with E-state index in [-0.39, 0.29) is 5.69 Å². The van der Waals surface area contributed by atoms with E-state index in [1.54, 1.807) is 12.3 Å². The average Bonchev–Trinajstić information content (AvgIpc) is 2.68. The van der Waals surface area contributed by atoms with Gasteiger partial charge >= 0.3 is 5.97 Å². The van der Waals surface area contributed by atoms with Crippen molar-refractivity contribution in [2.75, 3.05) is 0 Å². The largest absolute Gasteiger partial charge is 0.477 e. The fourth-order valence-electron chi connectivity index (χ4n) is 1.43. The van der Waals surface area contributed by atoms with Crippen molar-refractivity contribution < 1.29 is 9.90 Å². The molecule has 1 aromatic heterocycles. The molecule has 0 radical (unpaired) electrons. The number of aromatic amines is 1. The Morgan fingerprint density at radius 2 is 1.87 bits per heavy atom. The molecule has 0 amide bonds. The number of benzene rings is 1. The third-order valence-corrected chi connectivity index (χ3v) is 2.30. The number of aromatic carboxylic acids is 1. The molecule has 0 atom stereocenters. The van der Waals surface area contributed by atoms with Crippen LogP contribution in [0.25, 0.3) is 11.1 Å². The lowest BCUT2D eigenvalue weighted by molar-refractivity contribution is 0.0691. The Hall–Kier alpha value is -2.03. The summed E-state index contributed by atoms with van der Waals surface area (Å²) in [7, 11) is 0. The maximum absolute atomic E-state index is 10.7. The predicted molar refractivity (Wildman–Crippen MR) is 57.9 cm³/mol. The third kappa shape index (κ3) is 1.91. The van der Waals surface area contributed by atoms with E-state index >= 15 is 0 Å². The maximum atomic E-state index is 10.7. The van der Waals surface area contributed by atoms with Crippen LogP contribution in [0.2, 0.25) is 0 Å². The fourth-order valence-corrected chi connectivity index (χ4v) is 1.43. The highest BCUT2D eigenvalue weighted by Crippen LogP contribution is 2.20. The standard InChI is InChI=1S/C12H11NO2/c1-8-2-4-9(5-3-8)10-6-11(12(14)15)13-7-10/h2-7,13H,1H3,(H,14,15). The Bertz CT molecular complexity index is 483. The van der Waals surface area contributed by atoms with Gasteiger partial charge in [0.05, 0.1) is 0 Å². The monoisotopic (exact) mass is 201 g/mol. The second-order valence-corrected chi connectivity index (χ2v) is 3.47. The van der Waals surface area contributed by atoms with Gasteiger partial charge in [-0.15, -0.1) is 0 Å². The van der Waals surface area contributed by atoms with Crippen LogP contribution in [-0.4, -0.2) is 16.1 Å². The molecule has 0 bridgehead atoms. The first kappa shape index (κ1) is 9.52. The number of carboxylic acid groups (broad SMARTS) is 1. The van der Waals surface area contributed by atoms with Crippen molar-refractivity contribution in [1.82, 2.24) is 4.98 Å². The van der Waals surface area contributed by atoms with E-state index in [1.807, 2.05) is 31.2 Å². The van der Waals surface area contributed by atoms with Gasteiger partial charge in [-0.2, -0.15) is 0 Å². The highest BCUT2D eigenvalue weighted by molar-refractivity contribution is 5.87. The molecule has 3 heteroatoms. The van der Waals surface area contributed by atoms with Gasteiger partial charge in [0.2, 0.25) is 0 Å². The second kappa shape index (κ2) is 3.61. The molecule has 0 aliphatic heterocycles. The Balaban J connectivity index is 2.37. The molecule has 2 aromatic rings. The zero-order chi connectivity index (χ0) is 10.8. The van der Waals surface area contributed by atoms with E-state index < -0.39 is 5.97 Å². The molecule has 2 N–H and O–H groups in total. The molecule has 1 heterocycles. The summed E-state index contributed by atoms with van der Waals surface area (Å²) in [6, 6.07) is 9.59. The number of rotatable bonds is 2. The van der Waals surface area contributed by atoms with Crippen LogP contribution in [0.4, 0.5) is 0 Å². The predicted octanol–water partition coefficient (Wildman–Crippen LogP) is 2.69. The van der Waals surface area contributed by atoms with Gasteiger partial charge in [0.25, 0.3) is 0 Å². The third-order valence-electron chi connectivity index (χ3n) is 2.30. The Labute approximate surface area is 87.4 Å². The molecular formula is C12H11NO2. The van der Waals surface area contributed by atoms with E-state index in [0.29, 0.717) is 0 Å². The average molecular weight is 201 g/mol. The zero-order valence-corrected chi connectivity index (χ0v) is 8.32. The summed E-state index contributed by atoms with van der Waals surface area (Å²) in [4.78, 5) is 13.4. The first-order valence-electron chi connectivity index (χ1n) is 4.65. The van der Waals surface area contributed by atoms with Crippen LogP contribution < -0.4 is 0 Å². The van der Waals surface area contributed by atoms with E-state index in [2.05, 4.69) is 4.98 Å². The van der Waals surface area contributed by atoms with E-state index in [0.717, 1.165) is 11.1 Å². The smallest absolute Gasteiger partial charge is 0.352 e. The van der Waals surface area contributed by atoms with Gasteiger partial charge in [0, 0.05) is 6.20 Å². The number of hydrogen-bond acceptors (Lipinski definition) is 1. The molecule has 0 saturated carbocycles. The first-order valence-corrected chi connectivity index (χ1v) is 4.65. The molecule has 0 fully saturated rings. The minimum atomic E-state index is -0.937. The summed E-state index contributed by atoms with van der Waals surface area (Å²) >= 11 is 0. The molecular weight excluding hydrogens is 190 g/mol. The quantitative estimate of drug-likeness (QED) is 0.784. The van der Waals surface area contributed by atoms with Crippen molar-refractivity contribution in [3.63, 3.8) is 0 Å². The van der Waals surface area contributed by atoms with Crippen LogP contribution in [0.3, 0.4) is 0 Å². The maximum Gasteiger partial charge on any atom is 0.352 e. The van der Waals surface area contributed by atoms with E-state index in [4.69, 9.17) is 5.11 Å². The lowest BCUT2D eigenvalue weighted by Crippen LogP contribution is -1.94.